The maximum Gasteiger partial charge on any atom is 0.324 e. The first-order valence-corrected chi connectivity index (χ1v) is 6.95. The molecular weight excluding hydrogens is 232 g/mol. The third-order valence-electron chi connectivity index (χ3n) is 3.81. The monoisotopic (exact) mass is 256 g/mol. The molecule has 4 heteroatoms. The molecule has 18 heavy (non-hydrogen) atoms. The Kier molecular flexibility index (Phi) is 5.17. The third-order valence-corrected chi connectivity index (χ3v) is 3.81. The second-order valence-corrected chi connectivity index (χ2v) is 4.72. The van der Waals surface area contributed by atoms with E-state index in [2.05, 4.69) is 6.92 Å². The van der Waals surface area contributed by atoms with E-state index in [1.54, 1.807) is 13.8 Å². The first-order chi connectivity index (χ1) is 8.60. The first-order valence-electron chi connectivity index (χ1n) is 6.95. The van der Waals surface area contributed by atoms with Gasteiger partial charge < -0.3 is 9.47 Å². The molecule has 0 N–H and O–H groups in total. The lowest BCUT2D eigenvalue weighted by molar-refractivity contribution is -0.166. The highest BCUT2D eigenvalue weighted by atomic mass is 16.6. The van der Waals surface area contributed by atoms with Crippen LogP contribution in [0.2, 0.25) is 0 Å². The van der Waals surface area contributed by atoms with Crippen molar-refractivity contribution in [2.75, 3.05) is 13.2 Å². The van der Waals surface area contributed by atoms with Gasteiger partial charge in [-0.2, -0.15) is 0 Å². The van der Waals surface area contributed by atoms with Crippen LogP contribution in [0.5, 0.6) is 0 Å². The molecule has 0 aromatic heterocycles. The van der Waals surface area contributed by atoms with Crippen molar-refractivity contribution in [2.24, 2.45) is 17.3 Å². The summed E-state index contributed by atoms with van der Waals surface area (Å²) in [6, 6.07) is 0. The summed E-state index contributed by atoms with van der Waals surface area (Å²) < 4.78 is 10.2. The highest BCUT2D eigenvalue weighted by molar-refractivity contribution is 6.04. The largest absolute Gasteiger partial charge is 0.465 e. The van der Waals surface area contributed by atoms with Gasteiger partial charge in [-0.15, -0.1) is 0 Å². The smallest absolute Gasteiger partial charge is 0.324 e. The number of rotatable bonds is 7. The van der Waals surface area contributed by atoms with Crippen LogP contribution in [-0.4, -0.2) is 25.2 Å². The number of ether oxygens (including phenoxy) is 2. The van der Waals surface area contributed by atoms with Crippen molar-refractivity contribution in [1.29, 1.82) is 0 Å². The van der Waals surface area contributed by atoms with Crippen LogP contribution in [-0.2, 0) is 19.1 Å². The van der Waals surface area contributed by atoms with Gasteiger partial charge in [-0.05, 0) is 32.1 Å². The first kappa shape index (κ1) is 15.0. The zero-order valence-electron chi connectivity index (χ0n) is 11.8. The van der Waals surface area contributed by atoms with E-state index in [0.29, 0.717) is 13.2 Å². The molecule has 0 spiro atoms. The molecule has 104 valence electrons. The molecule has 0 radical (unpaired) electrons. The molecule has 1 fully saturated rings. The van der Waals surface area contributed by atoms with Gasteiger partial charge in [0, 0.05) is 0 Å². The highest BCUT2D eigenvalue weighted by Gasteiger charge is 2.74. The van der Waals surface area contributed by atoms with Crippen molar-refractivity contribution in [1.82, 2.24) is 0 Å². The molecule has 2 atom stereocenters. The molecular formula is C14H24O4. The predicted octanol–water partition coefficient (Wildman–Crippen LogP) is 2.56. The fourth-order valence-electron chi connectivity index (χ4n) is 3.07. The van der Waals surface area contributed by atoms with Crippen LogP contribution in [0.3, 0.4) is 0 Å². The number of carbonyl (C=O) groups excluding carboxylic acids is 2. The van der Waals surface area contributed by atoms with Crippen LogP contribution in [0.1, 0.15) is 47.0 Å². The van der Waals surface area contributed by atoms with Crippen LogP contribution < -0.4 is 0 Å². The van der Waals surface area contributed by atoms with Crippen LogP contribution in [0.25, 0.3) is 0 Å². The van der Waals surface area contributed by atoms with E-state index in [1.807, 2.05) is 6.92 Å². The zero-order chi connectivity index (χ0) is 13.8. The maximum absolute atomic E-state index is 12.2. The quantitative estimate of drug-likeness (QED) is 0.519. The van der Waals surface area contributed by atoms with E-state index in [9.17, 15) is 9.59 Å². The van der Waals surface area contributed by atoms with Crippen LogP contribution in [0.15, 0.2) is 0 Å². The Morgan fingerprint density at radius 3 is 1.78 bits per heavy atom. The summed E-state index contributed by atoms with van der Waals surface area (Å²) in [4.78, 5) is 24.4. The summed E-state index contributed by atoms with van der Waals surface area (Å²) >= 11 is 0. The van der Waals surface area contributed by atoms with Gasteiger partial charge in [-0.25, -0.2) is 0 Å². The summed E-state index contributed by atoms with van der Waals surface area (Å²) in [5.74, 6) is -0.622. The number of esters is 2. The number of hydrogen-bond donors (Lipinski definition) is 0. The number of hydrogen-bond acceptors (Lipinski definition) is 4. The summed E-state index contributed by atoms with van der Waals surface area (Å²) in [5.41, 5.74) is -1.02. The summed E-state index contributed by atoms with van der Waals surface area (Å²) in [5, 5.41) is 0. The van der Waals surface area contributed by atoms with Crippen molar-refractivity contribution in [2.45, 2.75) is 47.0 Å². The Morgan fingerprint density at radius 1 is 0.944 bits per heavy atom. The Morgan fingerprint density at radius 2 is 1.44 bits per heavy atom. The minimum Gasteiger partial charge on any atom is -0.465 e. The average Bonchev–Trinajstić information content (AvgIpc) is 2.99. The molecule has 0 saturated heterocycles. The Labute approximate surface area is 109 Å². The molecule has 0 aliphatic heterocycles. The third kappa shape index (κ3) is 2.25. The standard InChI is InChI=1S/C14H24O4/c1-5-9-11-10(6-2)14(11,12(15)17-7-3)13(16)18-8-4/h10-11H,5-9H2,1-4H3/t10-,11-/m1/s1. The SMILES string of the molecule is CCC[C@@H]1[C@@H](CC)C1(C(=O)OCC)C(=O)OCC. The van der Waals surface area contributed by atoms with E-state index in [-0.39, 0.29) is 11.8 Å². The van der Waals surface area contributed by atoms with Gasteiger partial charge in [0.25, 0.3) is 0 Å². The van der Waals surface area contributed by atoms with E-state index in [0.717, 1.165) is 19.3 Å². The van der Waals surface area contributed by atoms with Gasteiger partial charge in [-0.1, -0.05) is 26.7 Å². The van der Waals surface area contributed by atoms with Gasteiger partial charge in [0.15, 0.2) is 5.41 Å². The zero-order valence-corrected chi connectivity index (χ0v) is 11.8. The van der Waals surface area contributed by atoms with Gasteiger partial charge >= 0.3 is 11.9 Å². The highest BCUT2D eigenvalue weighted by Crippen LogP contribution is 2.63. The van der Waals surface area contributed by atoms with E-state index >= 15 is 0 Å². The van der Waals surface area contributed by atoms with Crippen molar-refractivity contribution >= 4 is 11.9 Å². The summed E-state index contributed by atoms with van der Waals surface area (Å²) in [7, 11) is 0. The molecule has 0 bridgehead atoms. The van der Waals surface area contributed by atoms with Crippen LogP contribution >= 0.6 is 0 Å². The maximum atomic E-state index is 12.2. The Balaban J connectivity index is 2.96. The molecule has 1 aliphatic carbocycles. The molecule has 0 aromatic rings. The van der Waals surface area contributed by atoms with Crippen molar-refractivity contribution in [3.05, 3.63) is 0 Å². The average molecular weight is 256 g/mol. The fraction of sp³-hybridized carbons (Fsp3) is 0.857. The molecule has 1 saturated carbocycles. The topological polar surface area (TPSA) is 52.6 Å². The molecule has 0 unspecified atom stereocenters. The summed E-state index contributed by atoms with van der Waals surface area (Å²) in [6.07, 6.45) is 2.64. The second kappa shape index (κ2) is 6.21. The minimum absolute atomic E-state index is 0.0792. The van der Waals surface area contributed by atoms with E-state index < -0.39 is 17.4 Å². The molecule has 0 heterocycles. The van der Waals surface area contributed by atoms with Crippen molar-refractivity contribution < 1.29 is 19.1 Å². The lowest BCUT2D eigenvalue weighted by Crippen LogP contribution is -2.33. The lowest BCUT2D eigenvalue weighted by atomic mass is 10.00. The fourth-order valence-corrected chi connectivity index (χ4v) is 3.07. The van der Waals surface area contributed by atoms with Crippen LogP contribution in [0, 0.1) is 17.3 Å². The Hall–Kier alpha value is -1.06. The van der Waals surface area contributed by atoms with E-state index in [1.165, 1.54) is 0 Å². The van der Waals surface area contributed by atoms with Gasteiger partial charge in [-0.3, -0.25) is 9.59 Å². The number of carbonyl (C=O) groups is 2. The summed E-state index contributed by atoms with van der Waals surface area (Å²) in [6.45, 7) is 8.19. The van der Waals surface area contributed by atoms with Gasteiger partial charge in [0.2, 0.25) is 0 Å². The van der Waals surface area contributed by atoms with Gasteiger partial charge in [0.1, 0.15) is 0 Å². The molecule has 0 amide bonds. The molecule has 4 nitrogen and oxygen atoms in total. The van der Waals surface area contributed by atoms with Crippen molar-refractivity contribution in [3.63, 3.8) is 0 Å². The second-order valence-electron chi connectivity index (χ2n) is 4.72. The van der Waals surface area contributed by atoms with Gasteiger partial charge in [0.05, 0.1) is 13.2 Å². The molecule has 1 aliphatic rings. The molecule has 1 rings (SSSR count). The predicted molar refractivity (Wildman–Crippen MR) is 67.9 cm³/mol. The van der Waals surface area contributed by atoms with Crippen LogP contribution in [0.4, 0.5) is 0 Å². The minimum atomic E-state index is -1.02. The normalized spacial score (nSPS) is 24.4. The van der Waals surface area contributed by atoms with E-state index in [4.69, 9.17) is 9.47 Å². The lowest BCUT2D eigenvalue weighted by Gasteiger charge is -2.15. The molecule has 0 aromatic carbocycles. The Bertz CT molecular complexity index is 293. The van der Waals surface area contributed by atoms with Crippen molar-refractivity contribution in [3.8, 4) is 0 Å².